The fourth-order valence-corrected chi connectivity index (χ4v) is 3.43. The van der Waals surface area contributed by atoms with Crippen molar-refractivity contribution in [2.45, 2.75) is 37.5 Å². The number of hydrogen-bond acceptors (Lipinski definition) is 2. The molecule has 3 nitrogen and oxygen atoms in total. The maximum Gasteiger partial charge on any atom is 0.240 e. The van der Waals surface area contributed by atoms with Crippen molar-refractivity contribution in [3.63, 3.8) is 0 Å². The molecule has 0 fully saturated rings. The summed E-state index contributed by atoms with van der Waals surface area (Å²) in [6.07, 6.45) is 1.66. The average molecular weight is 352 g/mol. The molecule has 0 spiro atoms. The van der Waals surface area contributed by atoms with E-state index in [9.17, 15) is 8.42 Å². The van der Waals surface area contributed by atoms with Crippen LogP contribution in [-0.4, -0.2) is 15.0 Å². The van der Waals surface area contributed by atoms with Crippen molar-refractivity contribution < 1.29 is 8.42 Å². The van der Waals surface area contributed by atoms with Gasteiger partial charge in [-0.15, -0.1) is 0 Å². The molecule has 0 aromatic heterocycles. The topological polar surface area (TPSA) is 46.2 Å². The van der Waals surface area contributed by atoms with E-state index in [1.807, 2.05) is 24.3 Å². The lowest BCUT2D eigenvalue weighted by Crippen LogP contribution is -2.26. The van der Waals surface area contributed by atoms with Gasteiger partial charge in [0, 0.05) is 11.6 Å². The first-order valence-electron chi connectivity index (χ1n) is 7.76. The highest BCUT2D eigenvalue weighted by atomic mass is 35.5. The quantitative estimate of drug-likeness (QED) is 0.804. The highest BCUT2D eigenvalue weighted by molar-refractivity contribution is 7.89. The van der Waals surface area contributed by atoms with Crippen LogP contribution in [-0.2, 0) is 16.4 Å². The summed E-state index contributed by atoms with van der Waals surface area (Å²) in [6.45, 7) is 4.61. The van der Waals surface area contributed by atoms with Gasteiger partial charge in [0.2, 0.25) is 10.0 Å². The Morgan fingerprint density at radius 3 is 2.22 bits per heavy atom. The van der Waals surface area contributed by atoms with Crippen molar-refractivity contribution >= 4 is 21.6 Å². The summed E-state index contributed by atoms with van der Waals surface area (Å²) in [5.41, 5.74) is 2.21. The van der Waals surface area contributed by atoms with E-state index in [1.165, 1.54) is 0 Å². The first-order valence-corrected chi connectivity index (χ1v) is 9.62. The van der Waals surface area contributed by atoms with Crippen molar-refractivity contribution in [1.82, 2.24) is 4.72 Å². The van der Waals surface area contributed by atoms with Crippen LogP contribution in [0.25, 0.3) is 0 Å². The zero-order valence-electron chi connectivity index (χ0n) is 13.4. The smallest absolute Gasteiger partial charge is 0.211 e. The van der Waals surface area contributed by atoms with Crippen LogP contribution < -0.4 is 4.72 Å². The summed E-state index contributed by atoms with van der Waals surface area (Å²) in [7, 11) is -3.46. The van der Waals surface area contributed by atoms with Gasteiger partial charge in [0.25, 0.3) is 0 Å². The fraction of sp³-hybridized carbons (Fsp3) is 0.333. The normalized spacial score (nSPS) is 13.0. The molecule has 0 saturated carbocycles. The van der Waals surface area contributed by atoms with Gasteiger partial charge in [0.05, 0.1) is 4.90 Å². The van der Waals surface area contributed by atoms with E-state index in [1.54, 1.807) is 24.3 Å². The molecule has 2 aromatic carbocycles. The van der Waals surface area contributed by atoms with Gasteiger partial charge in [0.1, 0.15) is 0 Å². The fourth-order valence-electron chi connectivity index (χ4n) is 2.28. The molecule has 1 unspecified atom stereocenters. The van der Waals surface area contributed by atoms with Crippen molar-refractivity contribution in [2.24, 2.45) is 0 Å². The molecule has 1 N–H and O–H groups in total. The van der Waals surface area contributed by atoms with Gasteiger partial charge in [-0.05, 0) is 54.2 Å². The Labute approximate surface area is 143 Å². The van der Waals surface area contributed by atoms with Gasteiger partial charge in [-0.25, -0.2) is 13.1 Å². The van der Waals surface area contributed by atoms with E-state index in [0.717, 1.165) is 17.5 Å². The second-order valence-corrected chi connectivity index (χ2v) is 7.86. The summed E-state index contributed by atoms with van der Waals surface area (Å²) >= 11 is 5.83. The molecule has 2 aromatic rings. The predicted octanol–water partition coefficient (Wildman–Crippen LogP) is 4.37. The summed E-state index contributed by atoms with van der Waals surface area (Å²) < 4.78 is 27.2. The molecule has 0 saturated heterocycles. The van der Waals surface area contributed by atoms with E-state index < -0.39 is 10.0 Å². The largest absolute Gasteiger partial charge is 0.240 e. The molecular weight excluding hydrogens is 330 g/mol. The van der Waals surface area contributed by atoms with Crippen LogP contribution in [0.5, 0.6) is 0 Å². The van der Waals surface area contributed by atoms with Crippen molar-refractivity contribution in [1.29, 1.82) is 0 Å². The molecule has 0 heterocycles. The van der Waals surface area contributed by atoms with Crippen molar-refractivity contribution in [3.05, 3.63) is 64.7 Å². The van der Waals surface area contributed by atoms with Crippen LogP contribution in [0.4, 0.5) is 0 Å². The predicted molar refractivity (Wildman–Crippen MR) is 95.5 cm³/mol. The van der Waals surface area contributed by atoms with Gasteiger partial charge in [0.15, 0.2) is 0 Å². The molecular formula is C18H22ClNO2S. The van der Waals surface area contributed by atoms with Crippen LogP contribution in [0.2, 0.25) is 5.02 Å². The summed E-state index contributed by atoms with van der Waals surface area (Å²) in [5.74, 6) is 0.435. The number of rotatable bonds is 7. The van der Waals surface area contributed by atoms with Crippen LogP contribution >= 0.6 is 11.6 Å². The van der Waals surface area contributed by atoms with Gasteiger partial charge in [-0.1, -0.05) is 49.7 Å². The third kappa shape index (κ3) is 5.06. The van der Waals surface area contributed by atoms with Gasteiger partial charge >= 0.3 is 0 Å². The Bertz CT molecular complexity index is 725. The number of nitrogens with one attached hydrogen (secondary N) is 1. The Morgan fingerprint density at radius 1 is 1.04 bits per heavy atom. The summed E-state index contributed by atoms with van der Waals surface area (Å²) in [5, 5.41) is 0.677. The maximum absolute atomic E-state index is 12.3. The molecule has 0 aliphatic rings. The molecule has 0 aliphatic heterocycles. The zero-order valence-corrected chi connectivity index (χ0v) is 15.0. The van der Waals surface area contributed by atoms with Crippen LogP contribution in [0.15, 0.2) is 53.4 Å². The van der Waals surface area contributed by atoms with Crippen LogP contribution in [0, 0.1) is 0 Å². The molecule has 5 heteroatoms. The Hall–Kier alpha value is -1.36. The molecule has 0 amide bonds. The zero-order chi connectivity index (χ0) is 16.9. The second kappa shape index (κ2) is 7.95. The molecule has 1 atom stereocenters. The first-order chi connectivity index (χ1) is 10.9. The first kappa shape index (κ1) is 18.0. The molecule has 0 radical (unpaired) electrons. The number of halogens is 1. The third-order valence-electron chi connectivity index (χ3n) is 3.99. The van der Waals surface area contributed by atoms with E-state index >= 15 is 0 Å². The number of sulfonamides is 1. The lowest BCUT2D eigenvalue weighted by atomic mass is 9.99. The minimum atomic E-state index is -3.46. The average Bonchev–Trinajstić information content (AvgIpc) is 2.56. The molecule has 0 bridgehead atoms. The summed E-state index contributed by atoms with van der Waals surface area (Å²) in [6, 6.07) is 14.5. The minimum absolute atomic E-state index is 0.306. The third-order valence-corrected chi connectivity index (χ3v) is 5.72. The maximum atomic E-state index is 12.3. The lowest BCUT2D eigenvalue weighted by molar-refractivity contribution is 0.581. The van der Waals surface area contributed by atoms with E-state index in [0.29, 0.717) is 28.8 Å². The van der Waals surface area contributed by atoms with Gasteiger partial charge in [-0.2, -0.15) is 0 Å². The standard InChI is InChI=1S/C18H22ClNO2S/c1-3-14(2)16-6-10-18(11-7-16)23(21,22)20-13-12-15-4-8-17(19)9-5-15/h4-11,14,20H,3,12-13H2,1-2H3. The van der Waals surface area contributed by atoms with Crippen molar-refractivity contribution in [2.75, 3.05) is 6.54 Å². The second-order valence-electron chi connectivity index (χ2n) is 5.65. The molecule has 23 heavy (non-hydrogen) atoms. The lowest BCUT2D eigenvalue weighted by Gasteiger charge is -2.11. The highest BCUT2D eigenvalue weighted by Gasteiger charge is 2.14. The Kier molecular flexibility index (Phi) is 6.22. The van der Waals surface area contributed by atoms with Crippen LogP contribution in [0.1, 0.15) is 37.3 Å². The number of benzene rings is 2. The molecule has 124 valence electrons. The Balaban J connectivity index is 1.97. The van der Waals surface area contributed by atoms with Gasteiger partial charge < -0.3 is 0 Å². The van der Waals surface area contributed by atoms with Gasteiger partial charge in [-0.3, -0.25) is 0 Å². The van der Waals surface area contributed by atoms with E-state index in [4.69, 9.17) is 11.6 Å². The van der Waals surface area contributed by atoms with E-state index in [-0.39, 0.29) is 0 Å². The summed E-state index contributed by atoms with van der Waals surface area (Å²) in [4.78, 5) is 0.306. The highest BCUT2D eigenvalue weighted by Crippen LogP contribution is 2.20. The monoisotopic (exact) mass is 351 g/mol. The minimum Gasteiger partial charge on any atom is -0.211 e. The van der Waals surface area contributed by atoms with Crippen LogP contribution in [0.3, 0.4) is 0 Å². The molecule has 2 rings (SSSR count). The number of hydrogen-bond donors (Lipinski definition) is 1. The van der Waals surface area contributed by atoms with E-state index in [2.05, 4.69) is 18.6 Å². The Morgan fingerprint density at radius 2 is 1.65 bits per heavy atom. The SMILES string of the molecule is CCC(C)c1ccc(S(=O)(=O)NCCc2ccc(Cl)cc2)cc1. The molecule has 0 aliphatic carbocycles. The van der Waals surface area contributed by atoms with Crippen molar-refractivity contribution in [3.8, 4) is 0 Å².